The molecule has 29 heavy (non-hydrogen) atoms. The van der Waals surface area contributed by atoms with Crippen molar-refractivity contribution in [1.29, 1.82) is 0 Å². The number of carbonyl (C=O) groups excluding carboxylic acids is 1. The van der Waals surface area contributed by atoms with Gasteiger partial charge in [0.05, 0.1) is 31.2 Å². The largest absolute Gasteiger partial charge is 0.495 e. The third-order valence-corrected chi connectivity index (χ3v) is 7.09. The Labute approximate surface area is 182 Å². The first-order valence-electron chi connectivity index (χ1n) is 8.35. The monoisotopic (exact) mass is 480 g/mol. The Morgan fingerprint density at radius 1 is 1.28 bits per heavy atom. The van der Waals surface area contributed by atoms with E-state index in [-0.39, 0.29) is 22.2 Å². The molecule has 2 aromatic rings. The van der Waals surface area contributed by atoms with E-state index in [1.807, 2.05) is 0 Å². The summed E-state index contributed by atoms with van der Waals surface area (Å²) in [5.74, 6) is 0.749. The molecule has 0 fully saturated rings. The fraction of sp³-hybridized carbons (Fsp3) is 0.438. The van der Waals surface area contributed by atoms with Crippen LogP contribution in [0.3, 0.4) is 0 Å². The van der Waals surface area contributed by atoms with Gasteiger partial charge < -0.3 is 9.47 Å². The lowest BCUT2D eigenvalue weighted by Crippen LogP contribution is -2.37. The molecule has 1 amide bonds. The number of ether oxygens (including phenoxy) is 2. The Hall–Kier alpha value is -1.76. The third-order valence-electron chi connectivity index (χ3n) is 3.49. The standard InChI is InChI=1S/C16H21ClN4O5S3/c1-5-6-27-16-20-19-15(28-16)18-14(22)9-21(29(4,23)24)11-8-12(25-2)10(17)7-13(11)26-3/h7-8H,5-6,9H2,1-4H3,(H,18,19,22). The molecule has 0 unspecified atom stereocenters. The number of carbonyl (C=O) groups is 1. The van der Waals surface area contributed by atoms with Gasteiger partial charge in [-0.05, 0) is 6.42 Å². The lowest BCUT2D eigenvalue weighted by Gasteiger charge is -2.24. The highest BCUT2D eigenvalue weighted by atomic mass is 35.5. The summed E-state index contributed by atoms with van der Waals surface area (Å²) in [5, 5.41) is 11.0. The summed E-state index contributed by atoms with van der Waals surface area (Å²) in [5.41, 5.74) is 0.128. The van der Waals surface area contributed by atoms with Gasteiger partial charge in [0.25, 0.3) is 0 Å². The molecule has 1 aromatic carbocycles. The van der Waals surface area contributed by atoms with Crippen LogP contribution in [0.4, 0.5) is 10.8 Å². The normalized spacial score (nSPS) is 11.2. The van der Waals surface area contributed by atoms with Crippen LogP contribution in [-0.4, -0.2) is 57.3 Å². The summed E-state index contributed by atoms with van der Waals surface area (Å²) in [6.45, 7) is 1.56. The first kappa shape index (κ1) is 23.5. The van der Waals surface area contributed by atoms with E-state index in [4.69, 9.17) is 21.1 Å². The minimum atomic E-state index is -3.83. The van der Waals surface area contributed by atoms with Crippen LogP contribution in [0, 0.1) is 0 Å². The van der Waals surface area contributed by atoms with Crippen molar-refractivity contribution < 1.29 is 22.7 Å². The number of hydrogen-bond donors (Lipinski definition) is 1. The van der Waals surface area contributed by atoms with Crippen LogP contribution in [0.1, 0.15) is 13.3 Å². The topological polar surface area (TPSA) is 111 Å². The number of rotatable bonds is 10. The zero-order valence-corrected chi connectivity index (χ0v) is 19.5. The minimum absolute atomic E-state index is 0.128. The summed E-state index contributed by atoms with van der Waals surface area (Å²) in [6.07, 6.45) is 1.98. The second-order valence-electron chi connectivity index (χ2n) is 5.70. The number of benzene rings is 1. The molecule has 0 bridgehead atoms. The smallest absolute Gasteiger partial charge is 0.246 e. The molecule has 13 heteroatoms. The quantitative estimate of drug-likeness (QED) is 0.408. The number of nitrogens with one attached hydrogen (secondary N) is 1. The van der Waals surface area contributed by atoms with E-state index in [0.29, 0.717) is 5.13 Å². The van der Waals surface area contributed by atoms with E-state index < -0.39 is 22.5 Å². The summed E-state index contributed by atoms with van der Waals surface area (Å²) in [4.78, 5) is 12.5. The van der Waals surface area contributed by atoms with Crippen LogP contribution in [0.2, 0.25) is 5.02 Å². The first-order valence-corrected chi connectivity index (χ1v) is 12.4. The molecule has 2 rings (SSSR count). The SMILES string of the molecule is CCCSc1nnc(NC(=O)CN(c2cc(OC)c(Cl)cc2OC)S(C)(=O)=O)s1. The predicted molar refractivity (Wildman–Crippen MR) is 116 cm³/mol. The maximum absolute atomic E-state index is 12.5. The Kier molecular flexibility index (Phi) is 8.37. The number of nitrogens with zero attached hydrogens (tertiary/aromatic N) is 3. The minimum Gasteiger partial charge on any atom is -0.495 e. The average molecular weight is 481 g/mol. The Morgan fingerprint density at radius 2 is 1.97 bits per heavy atom. The lowest BCUT2D eigenvalue weighted by atomic mass is 10.2. The van der Waals surface area contributed by atoms with Crippen LogP contribution in [-0.2, 0) is 14.8 Å². The molecular formula is C16H21ClN4O5S3. The van der Waals surface area contributed by atoms with Gasteiger partial charge >= 0.3 is 0 Å². The molecule has 0 saturated carbocycles. The highest BCUT2D eigenvalue weighted by Crippen LogP contribution is 2.39. The maximum atomic E-state index is 12.5. The van der Waals surface area contributed by atoms with Crippen molar-refractivity contribution in [3.05, 3.63) is 17.2 Å². The maximum Gasteiger partial charge on any atom is 0.246 e. The number of halogens is 1. The number of aromatic nitrogens is 2. The molecule has 0 aliphatic rings. The second-order valence-corrected chi connectivity index (χ2v) is 10.3. The van der Waals surface area contributed by atoms with Crippen LogP contribution in [0.15, 0.2) is 16.5 Å². The fourth-order valence-electron chi connectivity index (χ4n) is 2.22. The van der Waals surface area contributed by atoms with Gasteiger partial charge in [-0.2, -0.15) is 0 Å². The van der Waals surface area contributed by atoms with E-state index in [2.05, 4.69) is 22.4 Å². The molecule has 1 aromatic heterocycles. The van der Waals surface area contributed by atoms with Gasteiger partial charge in [-0.25, -0.2) is 8.42 Å². The number of anilines is 2. The Bertz CT molecular complexity index is 967. The zero-order chi connectivity index (χ0) is 21.6. The number of amides is 1. The Morgan fingerprint density at radius 3 is 2.55 bits per heavy atom. The van der Waals surface area contributed by atoms with Gasteiger partial charge in [0.1, 0.15) is 18.0 Å². The van der Waals surface area contributed by atoms with Crippen molar-refractivity contribution in [3.8, 4) is 11.5 Å². The Balaban J connectivity index is 2.26. The van der Waals surface area contributed by atoms with Crippen LogP contribution in [0.25, 0.3) is 0 Å². The molecule has 1 N–H and O–H groups in total. The highest BCUT2D eigenvalue weighted by molar-refractivity contribution is 8.01. The second kappa shape index (κ2) is 10.3. The average Bonchev–Trinajstić information content (AvgIpc) is 3.10. The summed E-state index contributed by atoms with van der Waals surface area (Å²) >= 11 is 8.85. The number of thioether (sulfide) groups is 1. The number of hydrogen-bond acceptors (Lipinski definition) is 9. The molecule has 9 nitrogen and oxygen atoms in total. The van der Waals surface area contributed by atoms with Crippen molar-refractivity contribution in [2.24, 2.45) is 0 Å². The van der Waals surface area contributed by atoms with E-state index in [9.17, 15) is 13.2 Å². The number of methoxy groups -OCH3 is 2. The summed E-state index contributed by atoms with van der Waals surface area (Å²) in [6, 6.07) is 2.83. The first-order chi connectivity index (χ1) is 13.7. The van der Waals surface area contributed by atoms with Crippen LogP contribution in [0.5, 0.6) is 11.5 Å². The van der Waals surface area contributed by atoms with Crippen molar-refractivity contribution in [3.63, 3.8) is 0 Å². The fourth-order valence-corrected chi connectivity index (χ4v) is 4.99. The lowest BCUT2D eigenvalue weighted by molar-refractivity contribution is -0.114. The molecule has 0 spiro atoms. The summed E-state index contributed by atoms with van der Waals surface area (Å²) < 4.78 is 36.8. The van der Waals surface area contributed by atoms with Crippen molar-refractivity contribution in [2.45, 2.75) is 17.7 Å². The van der Waals surface area contributed by atoms with Gasteiger partial charge in [0, 0.05) is 17.9 Å². The molecule has 0 saturated heterocycles. The van der Waals surface area contributed by atoms with Crippen molar-refractivity contribution >= 4 is 61.4 Å². The molecule has 0 radical (unpaired) electrons. The molecule has 0 aliphatic heterocycles. The van der Waals surface area contributed by atoms with E-state index in [0.717, 1.165) is 27.1 Å². The molecule has 0 atom stereocenters. The van der Waals surface area contributed by atoms with E-state index in [1.165, 1.54) is 49.5 Å². The molecule has 160 valence electrons. The predicted octanol–water partition coefficient (Wildman–Crippen LogP) is 3.12. The van der Waals surface area contributed by atoms with Crippen LogP contribution < -0.4 is 19.1 Å². The van der Waals surface area contributed by atoms with Gasteiger partial charge in [-0.1, -0.05) is 41.6 Å². The van der Waals surface area contributed by atoms with E-state index in [1.54, 1.807) is 0 Å². The van der Waals surface area contributed by atoms with Gasteiger partial charge in [0.2, 0.25) is 21.1 Å². The van der Waals surface area contributed by atoms with Gasteiger partial charge in [-0.3, -0.25) is 14.4 Å². The third kappa shape index (κ3) is 6.36. The van der Waals surface area contributed by atoms with Crippen molar-refractivity contribution in [1.82, 2.24) is 10.2 Å². The van der Waals surface area contributed by atoms with E-state index >= 15 is 0 Å². The van der Waals surface area contributed by atoms with Crippen molar-refractivity contribution in [2.75, 3.05) is 42.4 Å². The molecule has 0 aliphatic carbocycles. The van der Waals surface area contributed by atoms with Crippen LogP contribution >= 0.6 is 34.7 Å². The number of sulfonamides is 1. The molecular weight excluding hydrogens is 460 g/mol. The summed E-state index contributed by atoms with van der Waals surface area (Å²) in [7, 11) is -1.05. The zero-order valence-electron chi connectivity index (χ0n) is 16.3. The highest BCUT2D eigenvalue weighted by Gasteiger charge is 2.26. The molecule has 1 heterocycles. The van der Waals surface area contributed by atoms with Gasteiger partial charge in [-0.15, -0.1) is 10.2 Å². The van der Waals surface area contributed by atoms with Gasteiger partial charge in [0.15, 0.2) is 4.34 Å².